The van der Waals surface area contributed by atoms with Gasteiger partial charge in [0.25, 0.3) is 5.89 Å². The van der Waals surface area contributed by atoms with Crippen LogP contribution in [0.1, 0.15) is 24.6 Å². The molecule has 0 aromatic carbocycles. The van der Waals surface area contributed by atoms with Crippen molar-refractivity contribution in [3.8, 4) is 11.5 Å². The molecule has 0 N–H and O–H groups in total. The minimum Gasteiger partial charge on any atom is -0.334 e. The molecule has 0 radical (unpaired) electrons. The van der Waals surface area contributed by atoms with Gasteiger partial charge in [0.15, 0.2) is 5.82 Å². The highest BCUT2D eigenvalue weighted by Gasteiger charge is 2.28. The topological polar surface area (TPSA) is 51.8 Å². The Hall–Kier alpha value is -1.42. The van der Waals surface area contributed by atoms with Gasteiger partial charge in [-0.3, -0.25) is 0 Å². The summed E-state index contributed by atoms with van der Waals surface area (Å²) in [6.45, 7) is 0. The maximum absolute atomic E-state index is 5.69. The lowest BCUT2D eigenvalue weighted by Crippen LogP contribution is -1.83. The monoisotopic (exact) mass is 221 g/mol. The standard InChI is InChI=1S/C10H8ClN3O/c11-8-4-3-7(5-12-8)10-13-9(14-15-10)6-1-2-6/h3-6H,1-2H2. The zero-order valence-corrected chi connectivity index (χ0v) is 8.61. The molecule has 2 heterocycles. The van der Waals surface area contributed by atoms with E-state index in [4.69, 9.17) is 16.1 Å². The number of nitrogens with zero attached hydrogens (tertiary/aromatic N) is 3. The predicted molar refractivity (Wildman–Crippen MR) is 54.5 cm³/mol. The third-order valence-electron chi connectivity index (χ3n) is 2.36. The molecular weight excluding hydrogens is 214 g/mol. The van der Waals surface area contributed by atoms with E-state index in [1.807, 2.05) is 6.07 Å². The Bertz CT molecular complexity index is 476. The highest BCUT2D eigenvalue weighted by Crippen LogP contribution is 2.38. The summed E-state index contributed by atoms with van der Waals surface area (Å²) in [5, 5.41) is 4.39. The van der Waals surface area contributed by atoms with Gasteiger partial charge >= 0.3 is 0 Å². The fraction of sp³-hybridized carbons (Fsp3) is 0.300. The van der Waals surface area contributed by atoms with Gasteiger partial charge in [-0.1, -0.05) is 16.8 Å². The second kappa shape index (κ2) is 3.31. The maximum atomic E-state index is 5.69. The van der Waals surface area contributed by atoms with Gasteiger partial charge in [-0.25, -0.2) is 4.98 Å². The lowest BCUT2D eigenvalue weighted by molar-refractivity contribution is 0.422. The number of pyridine rings is 1. The molecule has 0 aliphatic heterocycles. The zero-order valence-electron chi connectivity index (χ0n) is 7.85. The Morgan fingerprint density at radius 2 is 2.20 bits per heavy atom. The summed E-state index contributed by atoms with van der Waals surface area (Å²) < 4.78 is 5.15. The Balaban J connectivity index is 1.93. The van der Waals surface area contributed by atoms with Crippen LogP contribution in [0.2, 0.25) is 5.15 Å². The number of halogens is 1. The van der Waals surface area contributed by atoms with Crippen LogP contribution in [0.25, 0.3) is 11.5 Å². The van der Waals surface area contributed by atoms with Gasteiger partial charge in [-0.15, -0.1) is 0 Å². The summed E-state index contributed by atoms with van der Waals surface area (Å²) in [4.78, 5) is 8.27. The summed E-state index contributed by atoms with van der Waals surface area (Å²) in [5.41, 5.74) is 0.804. The van der Waals surface area contributed by atoms with Crippen LogP contribution in [-0.2, 0) is 0 Å². The highest BCUT2D eigenvalue weighted by molar-refractivity contribution is 6.29. The van der Waals surface area contributed by atoms with Crippen LogP contribution in [0.4, 0.5) is 0 Å². The summed E-state index contributed by atoms with van der Waals surface area (Å²) in [5.74, 6) is 1.82. The molecule has 1 fully saturated rings. The lowest BCUT2D eigenvalue weighted by atomic mass is 10.3. The Morgan fingerprint density at radius 1 is 1.33 bits per heavy atom. The Morgan fingerprint density at radius 3 is 2.87 bits per heavy atom. The number of hydrogen-bond donors (Lipinski definition) is 0. The van der Waals surface area contributed by atoms with Crippen LogP contribution in [0, 0.1) is 0 Å². The highest BCUT2D eigenvalue weighted by atomic mass is 35.5. The molecule has 1 aliphatic carbocycles. The van der Waals surface area contributed by atoms with Crippen molar-refractivity contribution in [2.24, 2.45) is 0 Å². The van der Waals surface area contributed by atoms with Crippen molar-refractivity contribution < 1.29 is 4.52 Å². The van der Waals surface area contributed by atoms with E-state index in [1.165, 1.54) is 0 Å². The molecule has 0 saturated heterocycles. The van der Waals surface area contributed by atoms with Crippen molar-refractivity contribution in [1.82, 2.24) is 15.1 Å². The molecule has 0 bridgehead atoms. The van der Waals surface area contributed by atoms with Crippen molar-refractivity contribution in [3.05, 3.63) is 29.3 Å². The van der Waals surface area contributed by atoms with E-state index in [1.54, 1.807) is 12.3 Å². The molecular formula is C10H8ClN3O. The average Bonchev–Trinajstić information content (AvgIpc) is 2.99. The van der Waals surface area contributed by atoms with Gasteiger partial charge in [0.1, 0.15) is 5.15 Å². The minimum atomic E-state index is 0.459. The summed E-state index contributed by atoms with van der Waals surface area (Å²) in [7, 11) is 0. The van der Waals surface area contributed by atoms with E-state index < -0.39 is 0 Å². The van der Waals surface area contributed by atoms with Gasteiger partial charge in [0.05, 0.1) is 5.56 Å². The molecule has 5 heteroatoms. The fourth-order valence-electron chi connectivity index (χ4n) is 1.36. The van der Waals surface area contributed by atoms with E-state index in [9.17, 15) is 0 Å². The van der Waals surface area contributed by atoms with Crippen LogP contribution in [0.5, 0.6) is 0 Å². The largest absolute Gasteiger partial charge is 0.334 e. The van der Waals surface area contributed by atoms with Crippen LogP contribution >= 0.6 is 11.6 Å². The molecule has 0 spiro atoms. The molecule has 2 aromatic rings. The second-order valence-corrected chi connectivity index (χ2v) is 3.99. The normalized spacial score (nSPS) is 15.5. The lowest BCUT2D eigenvalue weighted by Gasteiger charge is -1.92. The average molecular weight is 222 g/mol. The number of aromatic nitrogens is 3. The van der Waals surface area contributed by atoms with Crippen molar-refractivity contribution in [3.63, 3.8) is 0 Å². The quantitative estimate of drug-likeness (QED) is 0.732. The van der Waals surface area contributed by atoms with Crippen LogP contribution in [0.3, 0.4) is 0 Å². The van der Waals surface area contributed by atoms with Crippen LogP contribution in [-0.4, -0.2) is 15.1 Å². The molecule has 0 atom stereocenters. The third-order valence-corrected chi connectivity index (χ3v) is 2.58. The van der Waals surface area contributed by atoms with Gasteiger partial charge < -0.3 is 4.52 Å². The van der Waals surface area contributed by atoms with E-state index >= 15 is 0 Å². The summed E-state index contributed by atoms with van der Waals surface area (Å²) in [6.07, 6.45) is 3.96. The van der Waals surface area contributed by atoms with Crippen LogP contribution in [0.15, 0.2) is 22.9 Å². The maximum Gasteiger partial charge on any atom is 0.259 e. The molecule has 3 rings (SSSR count). The molecule has 1 saturated carbocycles. The molecule has 0 unspecified atom stereocenters. The number of hydrogen-bond acceptors (Lipinski definition) is 4. The van der Waals surface area contributed by atoms with Crippen molar-refractivity contribution >= 4 is 11.6 Å². The zero-order chi connectivity index (χ0) is 10.3. The number of rotatable bonds is 2. The molecule has 0 amide bonds. The minimum absolute atomic E-state index is 0.459. The van der Waals surface area contributed by atoms with E-state index in [0.717, 1.165) is 24.2 Å². The molecule has 1 aliphatic rings. The van der Waals surface area contributed by atoms with E-state index in [0.29, 0.717) is 17.0 Å². The first-order valence-corrected chi connectivity index (χ1v) is 5.16. The molecule has 4 nitrogen and oxygen atoms in total. The van der Waals surface area contributed by atoms with Gasteiger partial charge in [0.2, 0.25) is 0 Å². The first-order chi connectivity index (χ1) is 7.33. The summed E-state index contributed by atoms with van der Waals surface area (Å²) in [6, 6.07) is 3.53. The van der Waals surface area contributed by atoms with Crippen LogP contribution < -0.4 is 0 Å². The SMILES string of the molecule is Clc1ccc(-c2nc(C3CC3)no2)cn1. The van der Waals surface area contributed by atoms with Crippen molar-refractivity contribution in [1.29, 1.82) is 0 Å². The summed E-state index contributed by atoms with van der Waals surface area (Å²) >= 11 is 5.69. The second-order valence-electron chi connectivity index (χ2n) is 3.60. The predicted octanol–water partition coefficient (Wildman–Crippen LogP) is 2.66. The Labute approximate surface area is 91.3 Å². The van der Waals surface area contributed by atoms with E-state index in [-0.39, 0.29) is 0 Å². The molecule has 15 heavy (non-hydrogen) atoms. The first kappa shape index (κ1) is 8.85. The third kappa shape index (κ3) is 1.72. The van der Waals surface area contributed by atoms with Crippen molar-refractivity contribution in [2.75, 3.05) is 0 Å². The fourth-order valence-corrected chi connectivity index (χ4v) is 1.47. The smallest absolute Gasteiger partial charge is 0.259 e. The first-order valence-electron chi connectivity index (χ1n) is 4.78. The molecule has 2 aromatic heterocycles. The van der Waals surface area contributed by atoms with E-state index in [2.05, 4.69) is 15.1 Å². The van der Waals surface area contributed by atoms with Crippen molar-refractivity contribution in [2.45, 2.75) is 18.8 Å². The van der Waals surface area contributed by atoms with Gasteiger partial charge in [-0.2, -0.15) is 4.98 Å². The Kier molecular flexibility index (Phi) is 1.95. The van der Waals surface area contributed by atoms with Gasteiger partial charge in [-0.05, 0) is 25.0 Å². The van der Waals surface area contributed by atoms with Gasteiger partial charge in [0, 0.05) is 12.1 Å². The molecule has 76 valence electrons.